The zero-order valence-corrected chi connectivity index (χ0v) is 18.9. The zero-order valence-electron chi connectivity index (χ0n) is 17.4. The van der Waals surface area contributed by atoms with E-state index in [9.17, 15) is 9.59 Å². The van der Waals surface area contributed by atoms with Gasteiger partial charge in [-0.2, -0.15) is 5.10 Å². The van der Waals surface area contributed by atoms with Crippen LogP contribution in [-0.2, 0) is 16.0 Å². The van der Waals surface area contributed by atoms with E-state index < -0.39 is 0 Å². The molecule has 0 atom stereocenters. The predicted octanol–water partition coefficient (Wildman–Crippen LogP) is 4.15. The van der Waals surface area contributed by atoms with Gasteiger partial charge in [0.1, 0.15) is 0 Å². The highest BCUT2D eigenvalue weighted by Crippen LogP contribution is 2.27. The lowest BCUT2D eigenvalue weighted by Gasteiger charge is -2.20. The maximum atomic E-state index is 12.4. The fourth-order valence-electron chi connectivity index (χ4n) is 3.94. The van der Waals surface area contributed by atoms with Crippen LogP contribution in [0.25, 0.3) is 5.69 Å². The number of carbonyl (C=O) groups excluding carboxylic acids is 2. The summed E-state index contributed by atoms with van der Waals surface area (Å²) in [5.74, 6) is 0.136. The number of aryl methyl sites for hydroxylation is 1. The number of halogens is 2. The van der Waals surface area contributed by atoms with E-state index in [1.165, 1.54) is 6.42 Å². The molecule has 1 fully saturated rings. The van der Waals surface area contributed by atoms with Crippen molar-refractivity contribution in [1.82, 2.24) is 20.4 Å². The second kappa shape index (κ2) is 10.3. The summed E-state index contributed by atoms with van der Waals surface area (Å²) in [6, 6.07) is 5.24. The molecule has 30 heavy (non-hydrogen) atoms. The van der Waals surface area contributed by atoms with Crippen molar-refractivity contribution in [2.75, 3.05) is 13.1 Å². The molecule has 1 aliphatic carbocycles. The number of benzene rings is 1. The Morgan fingerprint density at radius 1 is 1.10 bits per heavy atom. The smallest absolute Gasteiger partial charge is 0.224 e. The SMILES string of the molecule is Cc1nn(-c2ccc(Cl)cc2Cl)c(C)c1CC(=O)NCCNC(=O)C1CCCCC1. The van der Waals surface area contributed by atoms with Gasteiger partial charge in [0.05, 0.1) is 22.8 Å². The van der Waals surface area contributed by atoms with E-state index in [2.05, 4.69) is 15.7 Å². The number of rotatable bonds is 7. The molecular weight excluding hydrogens is 423 g/mol. The predicted molar refractivity (Wildman–Crippen MR) is 119 cm³/mol. The molecule has 0 saturated heterocycles. The first-order valence-corrected chi connectivity index (χ1v) is 11.2. The van der Waals surface area contributed by atoms with Crippen molar-refractivity contribution in [3.8, 4) is 5.69 Å². The lowest BCUT2D eigenvalue weighted by molar-refractivity contribution is -0.126. The number of aromatic nitrogens is 2. The monoisotopic (exact) mass is 450 g/mol. The summed E-state index contributed by atoms with van der Waals surface area (Å²) < 4.78 is 1.74. The van der Waals surface area contributed by atoms with E-state index in [-0.39, 0.29) is 24.2 Å². The Labute approximate surface area is 187 Å². The van der Waals surface area contributed by atoms with Crippen LogP contribution in [0.4, 0.5) is 0 Å². The van der Waals surface area contributed by atoms with Gasteiger partial charge in [-0.1, -0.05) is 42.5 Å². The average molecular weight is 451 g/mol. The molecule has 1 heterocycles. The van der Waals surface area contributed by atoms with Crippen molar-refractivity contribution in [2.24, 2.45) is 5.92 Å². The van der Waals surface area contributed by atoms with Crippen LogP contribution in [0.1, 0.15) is 49.1 Å². The number of carbonyl (C=O) groups is 2. The summed E-state index contributed by atoms with van der Waals surface area (Å²) in [5, 5.41) is 11.4. The van der Waals surface area contributed by atoms with Crippen molar-refractivity contribution in [2.45, 2.75) is 52.4 Å². The van der Waals surface area contributed by atoms with Gasteiger partial charge in [0.2, 0.25) is 11.8 Å². The van der Waals surface area contributed by atoms with Crippen LogP contribution >= 0.6 is 23.2 Å². The molecule has 1 aliphatic rings. The molecule has 6 nitrogen and oxygen atoms in total. The van der Waals surface area contributed by atoms with E-state index >= 15 is 0 Å². The third-order valence-corrected chi connectivity index (χ3v) is 6.18. The highest BCUT2D eigenvalue weighted by atomic mass is 35.5. The van der Waals surface area contributed by atoms with Gasteiger partial charge in [-0.3, -0.25) is 9.59 Å². The Bertz CT molecular complexity index is 920. The number of nitrogens with one attached hydrogen (secondary N) is 2. The number of amides is 2. The fourth-order valence-corrected chi connectivity index (χ4v) is 4.43. The molecule has 162 valence electrons. The van der Waals surface area contributed by atoms with Crippen molar-refractivity contribution < 1.29 is 9.59 Å². The van der Waals surface area contributed by atoms with E-state index in [0.717, 1.165) is 48.3 Å². The summed E-state index contributed by atoms with van der Waals surface area (Å²) in [6.07, 6.45) is 5.64. The molecular formula is C22H28Cl2N4O2. The quantitative estimate of drug-likeness (QED) is 0.621. The molecule has 0 aliphatic heterocycles. The Hall–Kier alpha value is -2.05. The van der Waals surface area contributed by atoms with Gasteiger partial charge in [-0.05, 0) is 44.9 Å². The zero-order chi connectivity index (χ0) is 21.7. The average Bonchev–Trinajstić information content (AvgIpc) is 3.00. The van der Waals surface area contributed by atoms with Crippen molar-refractivity contribution in [3.63, 3.8) is 0 Å². The lowest BCUT2D eigenvalue weighted by atomic mass is 9.89. The van der Waals surface area contributed by atoms with Gasteiger partial charge >= 0.3 is 0 Å². The molecule has 2 N–H and O–H groups in total. The third-order valence-electron chi connectivity index (χ3n) is 5.64. The molecule has 0 spiro atoms. The summed E-state index contributed by atoms with van der Waals surface area (Å²) in [4.78, 5) is 24.6. The molecule has 0 bridgehead atoms. The summed E-state index contributed by atoms with van der Waals surface area (Å²) in [6.45, 7) is 4.64. The third kappa shape index (κ3) is 5.55. The van der Waals surface area contributed by atoms with Gasteiger partial charge in [-0.25, -0.2) is 4.68 Å². The standard InChI is InChI=1S/C22H28Cl2N4O2/c1-14-18(15(2)28(27-14)20-9-8-17(23)12-19(20)24)13-21(29)25-10-11-26-22(30)16-6-4-3-5-7-16/h8-9,12,16H,3-7,10-11,13H2,1-2H3,(H,25,29)(H,26,30). The first-order chi connectivity index (χ1) is 14.4. The van der Waals surface area contributed by atoms with E-state index in [4.69, 9.17) is 23.2 Å². The summed E-state index contributed by atoms with van der Waals surface area (Å²) >= 11 is 12.3. The largest absolute Gasteiger partial charge is 0.354 e. The minimum absolute atomic E-state index is 0.102. The molecule has 3 rings (SSSR count). The summed E-state index contributed by atoms with van der Waals surface area (Å²) in [7, 11) is 0. The van der Waals surface area contributed by atoms with Gasteiger partial charge in [0, 0.05) is 35.3 Å². The Kier molecular flexibility index (Phi) is 7.78. The van der Waals surface area contributed by atoms with Gasteiger partial charge in [0.25, 0.3) is 0 Å². The van der Waals surface area contributed by atoms with Gasteiger partial charge in [-0.15, -0.1) is 0 Å². The van der Waals surface area contributed by atoms with Crippen LogP contribution < -0.4 is 10.6 Å². The Morgan fingerprint density at radius 3 is 2.50 bits per heavy atom. The van der Waals surface area contributed by atoms with E-state index in [1.54, 1.807) is 16.8 Å². The molecule has 0 unspecified atom stereocenters. The van der Waals surface area contributed by atoms with Crippen LogP contribution in [0.3, 0.4) is 0 Å². The van der Waals surface area contributed by atoms with Crippen LogP contribution in [0.5, 0.6) is 0 Å². The minimum atomic E-state index is -0.102. The van der Waals surface area contributed by atoms with Crippen molar-refractivity contribution in [1.29, 1.82) is 0 Å². The number of hydrogen-bond acceptors (Lipinski definition) is 3. The first-order valence-electron chi connectivity index (χ1n) is 10.4. The molecule has 8 heteroatoms. The molecule has 1 aromatic carbocycles. The maximum Gasteiger partial charge on any atom is 0.224 e. The number of hydrogen-bond donors (Lipinski definition) is 2. The lowest BCUT2D eigenvalue weighted by Crippen LogP contribution is -2.38. The minimum Gasteiger partial charge on any atom is -0.354 e. The molecule has 1 saturated carbocycles. The van der Waals surface area contributed by atoms with Crippen molar-refractivity contribution in [3.05, 3.63) is 45.2 Å². The van der Waals surface area contributed by atoms with Crippen LogP contribution in [-0.4, -0.2) is 34.7 Å². The topological polar surface area (TPSA) is 76.0 Å². The van der Waals surface area contributed by atoms with E-state index in [0.29, 0.717) is 23.1 Å². The second-order valence-corrected chi connectivity index (χ2v) is 8.65. The maximum absolute atomic E-state index is 12.4. The molecule has 0 radical (unpaired) electrons. The van der Waals surface area contributed by atoms with Gasteiger partial charge < -0.3 is 10.6 Å². The fraction of sp³-hybridized carbons (Fsp3) is 0.500. The molecule has 2 aromatic rings. The normalized spacial score (nSPS) is 14.5. The van der Waals surface area contributed by atoms with E-state index in [1.807, 2.05) is 19.9 Å². The Balaban J connectivity index is 1.53. The molecule has 1 aromatic heterocycles. The first kappa shape index (κ1) is 22.6. The van der Waals surface area contributed by atoms with Crippen LogP contribution in [0.15, 0.2) is 18.2 Å². The summed E-state index contributed by atoms with van der Waals surface area (Å²) in [5.41, 5.74) is 3.22. The number of nitrogens with zero attached hydrogens (tertiary/aromatic N) is 2. The second-order valence-electron chi connectivity index (χ2n) is 7.81. The van der Waals surface area contributed by atoms with Crippen LogP contribution in [0.2, 0.25) is 10.0 Å². The van der Waals surface area contributed by atoms with Gasteiger partial charge in [0.15, 0.2) is 0 Å². The van der Waals surface area contributed by atoms with Crippen LogP contribution in [0, 0.1) is 19.8 Å². The molecule has 2 amide bonds. The highest BCUT2D eigenvalue weighted by Gasteiger charge is 2.21. The highest BCUT2D eigenvalue weighted by molar-refractivity contribution is 6.35. The Morgan fingerprint density at radius 2 is 1.80 bits per heavy atom. The van der Waals surface area contributed by atoms with Crippen molar-refractivity contribution >= 4 is 35.0 Å².